The molecular formula is C31H37NO4. The highest BCUT2D eigenvalue weighted by Crippen LogP contribution is 2.31. The zero-order valence-electron chi connectivity index (χ0n) is 21.1. The van der Waals surface area contributed by atoms with Gasteiger partial charge in [0.15, 0.2) is 0 Å². The van der Waals surface area contributed by atoms with E-state index in [1.54, 1.807) is 0 Å². The van der Waals surface area contributed by atoms with Crippen LogP contribution in [0.15, 0.2) is 91.0 Å². The maximum atomic E-state index is 12.5. The summed E-state index contributed by atoms with van der Waals surface area (Å²) in [4.78, 5) is 14.9. The lowest BCUT2D eigenvalue weighted by Crippen LogP contribution is -2.56. The summed E-state index contributed by atoms with van der Waals surface area (Å²) >= 11 is 0. The van der Waals surface area contributed by atoms with Gasteiger partial charge in [0.2, 0.25) is 0 Å². The minimum absolute atomic E-state index is 0.00290. The number of hydrogen-bond acceptors (Lipinski definition) is 5. The Kier molecular flexibility index (Phi) is 10.1. The van der Waals surface area contributed by atoms with E-state index in [1.165, 1.54) is 5.56 Å². The third-order valence-electron chi connectivity index (χ3n) is 6.73. The van der Waals surface area contributed by atoms with Gasteiger partial charge in [-0.25, -0.2) is 0 Å². The highest BCUT2D eigenvalue weighted by Gasteiger charge is 2.39. The van der Waals surface area contributed by atoms with Crippen LogP contribution >= 0.6 is 0 Å². The maximum Gasteiger partial charge on any atom is 0.307 e. The first-order valence-corrected chi connectivity index (χ1v) is 13.0. The first-order valence-electron chi connectivity index (χ1n) is 13.0. The second-order valence-corrected chi connectivity index (χ2v) is 9.30. The number of carbonyl (C=O) groups excluding carboxylic acids is 1. The number of carbonyl (C=O) groups is 1. The Morgan fingerprint density at radius 2 is 1.39 bits per heavy atom. The van der Waals surface area contributed by atoms with E-state index in [0.29, 0.717) is 32.8 Å². The van der Waals surface area contributed by atoms with E-state index in [0.717, 1.165) is 30.5 Å². The third-order valence-corrected chi connectivity index (χ3v) is 6.73. The van der Waals surface area contributed by atoms with E-state index >= 15 is 0 Å². The molecule has 0 aliphatic carbocycles. The van der Waals surface area contributed by atoms with Crippen LogP contribution in [0.3, 0.4) is 0 Å². The van der Waals surface area contributed by atoms with Gasteiger partial charge in [-0.2, -0.15) is 0 Å². The molecule has 3 atom stereocenters. The van der Waals surface area contributed by atoms with Crippen molar-refractivity contribution in [2.24, 2.45) is 0 Å². The Balaban J connectivity index is 1.53. The summed E-state index contributed by atoms with van der Waals surface area (Å²) in [5.74, 6) is -0.145. The van der Waals surface area contributed by atoms with Crippen molar-refractivity contribution in [2.75, 3.05) is 13.2 Å². The summed E-state index contributed by atoms with van der Waals surface area (Å²) in [6.07, 6.45) is 2.13. The van der Waals surface area contributed by atoms with Crippen LogP contribution in [0.1, 0.15) is 42.9 Å². The summed E-state index contributed by atoms with van der Waals surface area (Å²) < 4.78 is 18.1. The molecule has 0 bridgehead atoms. The number of esters is 1. The van der Waals surface area contributed by atoms with Gasteiger partial charge in [-0.1, -0.05) is 91.0 Å². The zero-order chi connectivity index (χ0) is 25.0. The number of rotatable bonds is 12. The molecule has 5 nitrogen and oxygen atoms in total. The van der Waals surface area contributed by atoms with Crippen molar-refractivity contribution in [1.29, 1.82) is 0 Å². The van der Waals surface area contributed by atoms with E-state index in [-0.39, 0.29) is 24.2 Å². The van der Waals surface area contributed by atoms with Gasteiger partial charge in [0.05, 0.1) is 45.0 Å². The molecule has 3 aromatic carbocycles. The Morgan fingerprint density at radius 3 is 2.00 bits per heavy atom. The minimum Gasteiger partial charge on any atom is -0.466 e. The molecule has 3 aromatic rings. The zero-order valence-corrected chi connectivity index (χ0v) is 21.1. The van der Waals surface area contributed by atoms with Crippen LogP contribution in [0.5, 0.6) is 0 Å². The molecule has 1 aliphatic heterocycles. The highest BCUT2D eigenvalue weighted by molar-refractivity contribution is 5.70. The molecule has 0 radical (unpaired) electrons. The fourth-order valence-corrected chi connectivity index (χ4v) is 4.92. The van der Waals surface area contributed by atoms with Crippen LogP contribution in [-0.4, -0.2) is 42.3 Å². The number of nitrogens with zero attached hydrogens (tertiary/aromatic N) is 1. The molecule has 0 saturated carbocycles. The molecule has 2 unspecified atom stereocenters. The Hall–Kier alpha value is -2.99. The molecule has 1 aliphatic rings. The number of piperidine rings is 1. The van der Waals surface area contributed by atoms with Crippen molar-refractivity contribution < 1.29 is 19.0 Å². The molecule has 5 heteroatoms. The van der Waals surface area contributed by atoms with Gasteiger partial charge < -0.3 is 14.2 Å². The highest BCUT2D eigenvalue weighted by atomic mass is 16.5. The predicted molar refractivity (Wildman–Crippen MR) is 141 cm³/mol. The molecule has 0 N–H and O–H groups in total. The number of benzene rings is 3. The van der Waals surface area contributed by atoms with E-state index in [2.05, 4.69) is 53.4 Å². The third kappa shape index (κ3) is 7.76. The van der Waals surface area contributed by atoms with Crippen LogP contribution in [0.2, 0.25) is 0 Å². The fourth-order valence-electron chi connectivity index (χ4n) is 4.92. The predicted octanol–water partition coefficient (Wildman–Crippen LogP) is 5.78. The Bertz CT molecular complexity index is 1030. The average molecular weight is 488 g/mol. The lowest BCUT2D eigenvalue weighted by Gasteiger charge is -2.46. The number of ether oxygens (including phenoxy) is 3. The summed E-state index contributed by atoms with van der Waals surface area (Å²) in [6, 6.07) is 31.0. The molecule has 4 rings (SSSR count). The van der Waals surface area contributed by atoms with E-state index < -0.39 is 0 Å². The van der Waals surface area contributed by atoms with Gasteiger partial charge in [0, 0.05) is 12.6 Å². The SMILES string of the molecule is CCOC(=O)C[C@@H]1CCC(OCc2ccccc2)C(COCc2ccccc2)N1Cc1ccccc1. The van der Waals surface area contributed by atoms with Gasteiger partial charge in [0.1, 0.15) is 0 Å². The molecule has 1 saturated heterocycles. The summed E-state index contributed by atoms with van der Waals surface area (Å²) in [5.41, 5.74) is 3.51. The maximum absolute atomic E-state index is 12.5. The quantitative estimate of drug-likeness (QED) is 0.303. The van der Waals surface area contributed by atoms with Gasteiger partial charge in [0.25, 0.3) is 0 Å². The van der Waals surface area contributed by atoms with Crippen molar-refractivity contribution in [3.8, 4) is 0 Å². The van der Waals surface area contributed by atoms with E-state index in [1.807, 2.05) is 49.4 Å². The van der Waals surface area contributed by atoms with Gasteiger partial charge in [-0.15, -0.1) is 0 Å². The summed E-state index contributed by atoms with van der Waals surface area (Å²) in [6.45, 7) is 4.62. The Morgan fingerprint density at radius 1 is 0.806 bits per heavy atom. The van der Waals surface area contributed by atoms with Crippen LogP contribution in [-0.2, 0) is 38.8 Å². The normalized spacial score (nSPS) is 20.2. The van der Waals surface area contributed by atoms with Crippen molar-refractivity contribution in [3.63, 3.8) is 0 Å². The smallest absolute Gasteiger partial charge is 0.307 e. The molecule has 0 amide bonds. The van der Waals surface area contributed by atoms with E-state index in [4.69, 9.17) is 14.2 Å². The van der Waals surface area contributed by atoms with Crippen molar-refractivity contribution in [1.82, 2.24) is 4.90 Å². The van der Waals surface area contributed by atoms with Crippen LogP contribution in [0.25, 0.3) is 0 Å². The molecule has 36 heavy (non-hydrogen) atoms. The topological polar surface area (TPSA) is 48.0 Å². The van der Waals surface area contributed by atoms with Crippen LogP contribution < -0.4 is 0 Å². The second-order valence-electron chi connectivity index (χ2n) is 9.30. The Labute approximate surface area is 215 Å². The lowest BCUT2D eigenvalue weighted by atomic mass is 9.90. The molecule has 1 heterocycles. The number of hydrogen-bond donors (Lipinski definition) is 0. The van der Waals surface area contributed by atoms with Crippen molar-refractivity contribution in [3.05, 3.63) is 108 Å². The van der Waals surface area contributed by atoms with Gasteiger partial charge in [-0.05, 0) is 36.5 Å². The fraction of sp³-hybridized carbons (Fsp3) is 0.387. The van der Waals surface area contributed by atoms with Gasteiger partial charge >= 0.3 is 5.97 Å². The molecular weight excluding hydrogens is 450 g/mol. The standard InChI is InChI=1S/C31H37NO4/c1-2-35-31(33)20-28-18-19-30(36-23-27-16-10-5-11-17-27)29(24-34-22-26-14-8-4-9-15-26)32(28)21-25-12-6-3-7-13-25/h3-17,28-30H,2,18-24H2,1H3/t28-,29?,30?/m0/s1. The van der Waals surface area contributed by atoms with Crippen LogP contribution in [0.4, 0.5) is 0 Å². The van der Waals surface area contributed by atoms with E-state index in [9.17, 15) is 4.79 Å². The average Bonchev–Trinajstić information content (AvgIpc) is 2.91. The van der Waals surface area contributed by atoms with Crippen molar-refractivity contribution >= 4 is 5.97 Å². The summed E-state index contributed by atoms with van der Waals surface area (Å²) in [7, 11) is 0. The van der Waals surface area contributed by atoms with Crippen molar-refractivity contribution in [2.45, 2.75) is 64.1 Å². The minimum atomic E-state index is -0.145. The largest absolute Gasteiger partial charge is 0.466 e. The molecule has 1 fully saturated rings. The first kappa shape index (κ1) is 26.1. The first-order chi connectivity index (χ1) is 17.7. The molecule has 0 spiro atoms. The monoisotopic (exact) mass is 487 g/mol. The summed E-state index contributed by atoms with van der Waals surface area (Å²) in [5, 5.41) is 0. The lowest BCUT2D eigenvalue weighted by molar-refractivity contribution is -0.148. The number of likely N-dealkylation sites (tertiary alicyclic amines) is 1. The molecule has 0 aromatic heterocycles. The van der Waals surface area contributed by atoms with Crippen LogP contribution in [0, 0.1) is 0 Å². The second kappa shape index (κ2) is 13.9. The van der Waals surface area contributed by atoms with Gasteiger partial charge in [-0.3, -0.25) is 9.69 Å². The molecule has 190 valence electrons.